The SMILES string of the molecule is CCN1C(=O)OCC1COc1ccc(-c2cc(C(N)=O)c(=O)[nH]c2C(F)(F)F)cc1. The molecule has 1 fully saturated rings. The molecule has 1 aliphatic rings. The van der Waals surface area contributed by atoms with Crippen LogP contribution in [0.2, 0.25) is 0 Å². The molecule has 0 spiro atoms. The Kier molecular flexibility index (Phi) is 5.72. The maximum atomic E-state index is 13.4. The lowest BCUT2D eigenvalue weighted by Gasteiger charge is -2.19. The number of amides is 2. The third-order valence-electron chi connectivity index (χ3n) is 4.61. The molecule has 160 valence electrons. The molecule has 1 aliphatic heterocycles. The second-order valence-electron chi connectivity index (χ2n) is 6.51. The van der Waals surface area contributed by atoms with Crippen molar-refractivity contribution in [1.29, 1.82) is 0 Å². The number of hydrogen-bond donors (Lipinski definition) is 2. The Bertz CT molecular complexity index is 1020. The summed E-state index contributed by atoms with van der Waals surface area (Å²) in [6, 6.07) is 6.15. The molecular formula is C19H18F3N3O5. The van der Waals surface area contributed by atoms with Crippen molar-refractivity contribution < 1.29 is 32.2 Å². The van der Waals surface area contributed by atoms with Crippen molar-refractivity contribution in [2.24, 2.45) is 5.73 Å². The van der Waals surface area contributed by atoms with Crippen LogP contribution < -0.4 is 16.0 Å². The summed E-state index contributed by atoms with van der Waals surface area (Å²) in [7, 11) is 0. The first-order valence-electron chi connectivity index (χ1n) is 8.92. The van der Waals surface area contributed by atoms with Crippen LogP contribution in [0.15, 0.2) is 35.1 Å². The molecule has 0 radical (unpaired) electrons. The molecule has 3 N–H and O–H groups in total. The van der Waals surface area contributed by atoms with Gasteiger partial charge in [-0.1, -0.05) is 12.1 Å². The zero-order chi connectivity index (χ0) is 22.1. The summed E-state index contributed by atoms with van der Waals surface area (Å²) in [5.41, 5.74) is 1.70. The molecule has 2 heterocycles. The third-order valence-corrected chi connectivity index (χ3v) is 4.61. The number of nitrogens with zero attached hydrogens (tertiary/aromatic N) is 1. The molecule has 1 unspecified atom stereocenters. The van der Waals surface area contributed by atoms with E-state index < -0.39 is 40.6 Å². The highest BCUT2D eigenvalue weighted by Gasteiger charge is 2.36. The van der Waals surface area contributed by atoms with Gasteiger partial charge in [0.25, 0.3) is 11.5 Å². The molecule has 1 aromatic heterocycles. The fourth-order valence-electron chi connectivity index (χ4n) is 3.10. The van der Waals surface area contributed by atoms with E-state index in [1.54, 1.807) is 11.9 Å². The van der Waals surface area contributed by atoms with Crippen LogP contribution in [-0.2, 0) is 10.9 Å². The molecule has 1 atom stereocenters. The first kappa shape index (κ1) is 21.2. The fraction of sp³-hybridized carbons (Fsp3) is 0.316. The number of benzene rings is 1. The summed E-state index contributed by atoms with van der Waals surface area (Å²) in [6.07, 6.45) is -5.28. The highest BCUT2D eigenvalue weighted by Crippen LogP contribution is 2.35. The number of likely N-dealkylation sites (N-methyl/N-ethyl adjacent to an activating group) is 1. The molecule has 2 amide bonds. The maximum Gasteiger partial charge on any atom is 0.431 e. The molecule has 8 nitrogen and oxygen atoms in total. The summed E-state index contributed by atoms with van der Waals surface area (Å²) in [5.74, 6) is -0.776. The first-order valence-corrected chi connectivity index (χ1v) is 8.92. The minimum absolute atomic E-state index is 0.1000. The zero-order valence-electron chi connectivity index (χ0n) is 15.8. The number of primary amides is 1. The number of ether oxygens (including phenoxy) is 2. The van der Waals surface area contributed by atoms with E-state index in [1.165, 1.54) is 29.2 Å². The topological polar surface area (TPSA) is 115 Å². The van der Waals surface area contributed by atoms with E-state index in [0.29, 0.717) is 12.3 Å². The van der Waals surface area contributed by atoms with Crippen LogP contribution in [0.3, 0.4) is 0 Å². The van der Waals surface area contributed by atoms with Gasteiger partial charge in [0.15, 0.2) is 0 Å². The minimum atomic E-state index is -4.85. The van der Waals surface area contributed by atoms with Crippen LogP contribution in [-0.4, -0.2) is 47.7 Å². The maximum absolute atomic E-state index is 13.4. The highest BCUT2D eigenvalue weighted by atomic mass is 19.4. The average molecular weight is 425 g/mol. The van der Waals surface area contributed by atoms with E-state index in [0.717, 1.165) is 6.07 Å². The number of alkyl halides is 3. The van der Waals surface area contributed by atoms with Crippen molar-refractivity contribution in [3.8, 4) is 16.9 Å². The largest absolute Gasteiger partial charge is 0.491 e. The Morgan fingerprint density at radius 1 is 1.30 bits per heavy atom. The van der Waals surface area contributed by atoms with Crippen molar-refractivity contribution in [2.45, 2.75) is 19.1 Å². The van der Waals surface area contributed by atoms with E-state index in [4.69, 9.17) is 15.2 Å². The van der Waals surface area contributed by atoms with Gasteiger partial charge in [0, 0.05) is 12.1 Å². The van der Waals surface area contributed by atoms with Gasteiger partial charge in [-0.3, -0.25) is 14.5 Å². The molecule has 2 aromatic rings. The number of H-pyrrole nitrogens is 1. The second-order valence-corrected chi connectivity index (χ2v) is 6.51. The Labute approximate surface area is 168 Å². The quantitative estimate of drug-likeness (QED) is 0.738. The summed E-state index contributed by atoms with van der Waals surface area (Å²) in [4.78, 5) is 37.8. The Hall–Kier alpha value is -3.50. The highest BCUT2D eigenvalue weighted by molar-refractivity contribution is 5.94. The molecule has 1 aromatic carbocycles. The number of pyridine rings is 1. The van der Waals surface area contributed by atoms with E-state index in [1.807, 2.05) is 0 Å². The summed E-state index contributed by atoms with van der Waals surface area (Å²) >= 11 is 0. The molecule has 0 aliphatic carbocycles. The van der Waals surface area contributed by atoms with E-state index in [9.17, 15) is 27.6 Å². The monoisotopic (exact) mass is 425 g/mol. The van der Waals surface area contributed by atoms with Crippen molar-refractivity contribution in [2.75, 3.05) is 19.8 Å². The van der Waals surface area contributed by atoms with Gasteiger partial charge in [0.05, 0.1) is 0 Å². The van der Waals surface area contributed by atoms with Crippen molar-refractivity contribution in [1.82, 2.24) is 9.88 Å². The van der Waals surface area contributed by atoms with Crippen LogP contribution in [0.4, 0.5) is 18.0 Å². The number of nitrogens with two attached hydrogens (primary N) is 1. The van der Waals surface area contributed by atoms with Gasteiger partial charge in [0.1, 0.15) is 36.3 Å². The van der Waals surface area contributed by atoms with E-state index in [2.05, 4.69) is 0 Å². The molecule has 11 heteroatoms. The van der Waals surface area contributed by atoms with Gasteiger partial charge in [-0.05, 0) is 30.7 Å². The lowest BCUT2D eigenvalue weighted by Crippen LogP contribution is -2.37. The van der Waals surface area contributed by atoms with Crippen LogP contribution in [0.5, 0.6) is 5.75 Å². The Balaban J connectivity index is 1.85. The van der Waals surface area contributed by atoms with Gasteiger partial charge >= 0.3 is 12.3 Å². The van der Waals surface area contributed by atoms with Gasteiger partial charge in [-0.15, -0.1) is 0 Å². The number of carbonyl (C=O) groups is 2. The molecular weight excluding hydrogens is 407 g/mol. The number of halogens is 3. The zero-order valence-corrected chi connectivity index (χ0v) is 15.8. The fourth-order valence-corrected chi connectivity index (χ4v) is 3.10. The van der Waals surface area contributed by atoms with Gasteiger partial charge in [0.2, 0.25) is 0 Å². The molecule has 1 saturated heterocycles. The second kappa shape index (κ2) is 8.09. The predicted molar refractivity (Wildman–Crippen MR) is 99.0 cm³/mol. The number of rotatable bonds is 6. The lowest BCUT2D eigenvalue weighted by molar-refractivity contribution is -0.140. The Morgan fingerprint density at radius 3 is 2.53 bits per heavy atom. The normalized spacial score (nSPS) is 16.5. The third kappa shape index (κ3) is 4.24. The summed E-state index contributed by atoms with van der Waals surface area (Å²) in [6.45, 7) is 2.60. The minimum Gasteiger partial charge on any atom is -0.491 e. The lowest BCUT2D eigenvalue weighted by atomic mass is 10.0. The molecule has 0 saturated carbocycles. The van der Waals surface area contributed by atoms with Crippen molar-refractivity contribution in [3.63, 3.8) is 0 Å². The van der Waals surface area contributed by atoms with Crippen LogP contribution >= 0.6 is 0 Å². The predicted octanol–water partition coefficient (Wildman–Crippen LogP) is 2.38. The number of aromatic nitrogens is 1. The van der Waals surface area contributed by atoms with E-state index >= 15 is 0 Å². The van der Waals surface area contributed by atoms with Crippen LogP contribution in [0.1, 0.15) is 23.0 Å². The number of nitrogens with one attached hydrogen (secondary N) is 1. The Morgan fingerprint density at radius 2 is 1.97 bits per heavy atom. The van der Waals surface area contributed by atoms with Crippen LogP contribution in [0, 0.1) is 0 Å². The molecule has 0 bridgehead atoms. The van der Waals surface area contributed by atoms with Crippen LogP contribution in [0.25, 0.3) is 11.1 Å². The van der Waals surface area contributed by atoms with Gasteiger partial charge in [-0.2, -0.15) is 13.2 Å². The first-order chi connectivity index (χ1) is 14.1. The standard InChI is InChI=1S/C19H18F3N3O5/c1-2-25-11(9-30-18(25)28)8-29-12-5-3-10(4-6-12)13-7-14(16(23)26)17(27)24-15(13)19(20,21)22/h3-7,11H,2,8-9H2,1H3,(H2,23,26)(H,24,27). The number of hydrogen-bond acceptors (Lipinski definition) is 5. The average Bonchev–Trinajstić information content (AvgIpc) is 3.05. The number of aromatic amines is 1. The smallest absolute Gasteiger partial charge is 0.431 e. The summed E-state index contributed by atoms with van der Waals surface area (Å²) in [5, 5.41) is 0. The van der Waals surface area contributed by atoms with Gasteiger partial charge < -0.3 is 20.2 Å². The van der Waals surface area contributed by atoms with Gasteiger partial charge in [-0.25, -0.2) is 4.79 Å². The molecule has 30 heavy (non-hydrogen) atoms. The van der Waals surface area contributed by atoms with Crippen molar-refractivity contribution in [3.05, 3.63) is 51.9 Å². The number of cyclic esters (lactones) is 1. The molecule has 3 rings (SSSR count). The van der Waals surface area contributed by atoms with Crippen molar-refractivity contribution >= 4 is 12.0 Å². The van der Waals surface area contributed by atoms with E-state index in [-0.39, 0.29) is 24.8 Å². The number of carbonyl (C=O) groups excluding carboxylic acids is 2. The summed E-state index contributed by atoms with van der Waals surface area (Å²) < 4.78 is 50.7.